The van der Waals surface area contributed by atoms with Crippen LogP contribution in [0.4, 0.5) is 0 Å². The van der Waals surface area contributed by atoms with Crippen molar-refractivity contribution in [3.8, 4) is 0 Å². The highest BCUT2D eigenvalue weighted by Crippen LogP contribution is 2.38. The van der Waals surface area contributed by atoms with Crippen molar-refractivity contribution in [3.05, 3.63) is 34.6 Å². The van der Waals surface area contributed by atoms with E-state index in [0.717, 1.165) is 11.5 Å². The third-order valence-corrected chi connectivity index (χ3v) is 2.99. The van der Waals surface area contributed by atoms with Crippen LogP contribution in [-0.4, -0.2) is 25.0 Å². The molecule has 0 spiro atoms. The summed E-state index contributed by atoms with van der Waals surface area (Å²) in [5.74, 6) is 1.63. The molecule has 1 saturated carbocycles. The van der Waals surface area contributed by atoms with Gasteiger partial charge in [-0.3, -0.25) is 9.67 Å². The van der Waals surface area contributed by atoms with E-state index in [1.165, 1.54) is 12.8 Å². The number of nitrogens with one attached hydrogen (secondary N) is 1. The predicted molar refractivity (Wildman–Crippen MR) is 60.5 cm³/mol. The maximum Gasteiger partial charge on any atom is 0.195 e. The molecular weight excluding hydrogens is 222 g/mol. The zero-order valence-corrected chi connectivity index (χ0v) is 9.44. The minimum atomic E-state index is 0.574. The van der Waals surface area contributed by atoms with E-state index in [1.54, 1.807) is 6.20 Å². The molecular formula is C10H11N5S. The zero-order chi connectivity index (χ0) is 11.0. The SMILES string of the molecule is S=c1[nH]nc(C2CC2)n1Cc1cccnn1. The van der Waals surface area contributed by atoms with Crippen LogP contribution in [0.5, 0.6) is 0 Å². The van der Waals surface area contributed by atoms with E-state index in [9.17, 15) is 0 Å². The van der Waals surface area contributed by atoms with Crippen LogP contribution >= 0.6 is 12.2 Å². The Hall–Kier alpha value is -1.56. The van der Waals surface area contributed by atoms with Gasteiger partial charge >= 0.3 is 0 Å². The van der Waals surface area contributed by atoms with Crippen molar-refractivity contribution in [1.29, 1.82) is 0 Å². The summed E-state index contributed by atoms with van der Waals surface area (Å²) < 4.78 is 2.67. The van der Waals surface area contributed by atoms with Gasteiger partial charge in [-0.2, -0.15) is 15.3 Å². The molecule has 2 aromatic rings. The van der Waals surface area contributed by atoms with Gasteiger partial charge in [0.05, 0.1) is 12.2 Å². The maximum absolute atomic E-state index is 5.22. The molecule has 0 aromatic carbocycles. The molecule has 82 valence electrons. The Bertz CT molecular complexity index is 540. The first-order valence-electron chi connectivity index (χ1n) is 5.26. The van der Waals surface area contributed by atoms with Crippen LogP contribution in [0.3, 0.4) is 0 Å². The van der Waals surface area contributed by atoms with Gasteiger partial charge in [0.15, 0.2) is 4.77 Å². The van der Waals surface area contributed by atoms with Gasteiger partial charge < -0.3 is 0 Å². The van der Waals surface area contributed by atoms with E-state index in [4.69, 9.17) is 12.2 Å². The second-order valence-electron chi connectivity index (χ2n) is 3.96. The predicted octanol–water partition coefficient (Wildman–Crippen LogP) is 1.66. The van der Waals surface area contributed by atoms with Gasteiger partial charge in [0, 0.05) is 12.1 Å². The van der Waals surface area contributed by atoms with Crippen molar-refractivity contribution in [2.24, 2.45) is 0 Å². The number of hydrogen-bond donors (Lipinski definition) is 1. The van der Waals surface area contributed by atoms with Gasteiger partial charge in [-0.15, -0.1) is 0 Å². The Morgan fingerprint density at radius 3 is 3.06 bits per heavy atom. The van der Waals surface area contributed by atoms with Crippen LogP contribution < -0.4 is 0 Å². The van der Waals surface area contributed by atoms with Gasteiger partial charge in [0.1, 0.15) is 5.82 Å². The standard InChI is InChI=1S/C10H11N5S/c16-10-14-13-9(7-3-4-7)15(10)6-8-2-1-5-11-12-8/h1-2,5,7H,3-4,6H2,(H,14,16). The second kappa shape index (κ2) is 3.79. The van der Waals surface area contributed by atoms with Crippen LogP contribution in [0.25, 0.3) is 0 Å². The fourth-order valence-electron chi connectivity index (χ4n) is 1.72. The number of aromatic nitrogens is 5. The van der Waals surface area contributed by atoms with E-state index in [2.05, 4.69) is 20.4 Å². The average Bonchev–Trinajstić information content (AvgIpc) is 3.08. The molecule has 0 unspecified atom stereocenters. The molecule has 5 nitrogen and oxygen atoms in total. The van der Waals surface area contributed by atoms with E-state index >= 15 is 0 Å². The highest BCUT2D eigenvalue weighted by atomic mass is 32.1. The van der Waals surface area contributed by atoms with Crippen LogP contribution in [-0.2, 0) is 6.54 Å². The van der Waals surface area contributed by atoms with Crippen molar-refractivity contribution in [2.75, 3.05) is 0 Å². The summed E-state index contributed by atoms with van der Waals surface area (Å²) in [5, 5.41) is 15.0. The van der Waals surface area contributed by atoms with Crippen molar-refractivity contribution in [2.45, 2.75) is 25.3 Å². The third kappa shape index (κ3) is 1.76. The molecule has 3 rings (SSSR count). The molecule has 2 aromatic heterocycles. The lowest BCUT2D eigenvalue weighted by Gasteiger charge is -2.04. The minimum absolute atomic E-state index is 0.574. The van der Waals surface area contributed by atoms with Crippen molar-refractivity contribution < 1.29 is 0 Å². The molecule has 0 aliphatic heterocycles. The smallest absolute Gasteiger partial charge is 0.195 e. The Morgan fingerprint density at radius 2 is 2.38 bits per heavy atom. The number of rotatable bonds is 3. The minimum Gasteiger partial charge on any atom is -0.298 e. The lowest BCUT2D eigenvalue weighted by molar-refractivity contribution is 0.693. The maximum atomic E-state index is 5.22. The third-order valence-electron chi connectivity index (χ3n) is 2.68. The summed E-state index contributed by atoms with van der Waals surface area (Å²) in [7, 11) is 0. The quantitative estimate of drug-likeness (QED) is 0.819. The lowest BCUT2D eigenvalue weighted by Crippen LogP contribution is -2.06. The van der Waals surface area contributed by atoms with Crippen LogP contribution in [0.15, 0.2) is 18.3 Å². The van der Waals surface area contributed by atoms with Gasteiger partial charge in [0.25, 0.3) is 0 Å². The van der Waals surface area contributed by atoms with Crippen LogP contribution in [0, 0.1) is 4.77 Å². The summed E-state index contributed by atoms with van der Waals surface area (Å²) in [6.45, 7) is 0.648. The second-order valence-corrected chi connectivity index (χ2v) is 4.35. The Balaban J connectivity index is 1.94. The largest absolute Gasteiger partial charge is 0.298 e. The monoisotopic (exact) mass is 233 g/mol. The van der Waals surface area contributed by atoms with Gasteiger partial charge in [-0.05, 0) is 37.2 Å². The Kier molecular flexibility index (Phi) is 2.28. The van der Waals surface area contributed by atoms with Gasteiger partial charge in [0.2, 0.25) is 0 Å². The summed E-state index contributed by atoms with van der Waals surface area (Å²) in [5.41, 5.74) is 0.905. The normalized spacial score (nSPS) is 15.2. The van der Waals surface area contributed by atoms with Gasteiger partial charge in [-0.25, -0.2) is 0 Å². The van der Waals surface area contributed by atoms with Crippen LogP contribution in [0.2, 0.25) is 0 Å². The first-order chi connectivity index (χ1) is 7.84. The lowest BCUT2D eigenvalue weighted by atomic mass is 10.3. The molecule has 16 heavy (non-hydrogen) atoms. The highest BCUT2D eigenvalue weighted by Gasteiger charge is 2.29. The fourth-order valence-corrected chi connectivity index (χ4v) is 1.92. The van der Waals surface area contributed by atoms with Crippen LogP contribution in [0.1, 0.15) is 30.3 Å². The summed E-state index contributed by atoms with van der Waals surface area (Å²) in [4.78, 5) is 0. The molecule has 0 radical (unpaired) electrons. The molecule has 1 aliphatic rings. The van der Waals surface area contributed by atoms with Gasteiger partial charge in [-0.1, -0.05) is 0 Å². The van der Waals surface area contributed by atoms with E-state index in [1.807, 2.05) is 16.7 Å². The number of hydrogen-bond acceptors (Lipinski definition) is 4. The topological polar surface area (TPSA) is 59.4 Å². The number of nitrogens with zero attached hydrogens (tertiary/aromatic N) is 4. The molecule has 0 atom stereocenters. The highest BCUT2D eigenvalue weighted by molar-refractivity contribution is 7.71. The molecule has 1 fully saturated rings. The van der Waals surface area contributed by atoms with E-state index < -0.39 is 0 Å². The average molecular weight is 233 g/mol. The molecule has 6 heteroatoms. The summed E-state index contributed by atoms with van der Waals surface area (Å²) >= 11 is 5.22. The Labute approximate surface area is 97.5 Å². The molecule has 2 heterocycles. The van der Waals surface area contributed by atoms with Crippen molar-refractivity contribution in [3.63, 3.8) is 0 Å². The Morgan fingerprint density at radius 1 is 1.50 bits per heavy atom. The molecule has 0 bridgehead atoms. The summed E-state index contributed by atoms with van der Waals surface area (Å²) in [6, 6.07) is 3.82. The number of aromatic amines is 1. The fraction of sp³-hybridized carbons (Fsp3) is 0.400. The number of H-pyrrole nitrogens is 1. The molecule has 1 aliphatic carbocycles. The summed E-state index contributed by atoms with van der Waals surface area (Å²) in [6.07, 6.45) is 4.08. The zero-order valence-electron chi connectivity index (χ0n) is 8.63. The van der Waals surface area contributed by atoms with Crippen molar-refractivity contribution in [1.82, 2.24) is 25.0 Å². The first-order valence-corrected chi connectivity index (χ1v) is 5.67. The molecule has 0 saturated heterocycles. The molecule has 1 N–H and O–H groups in total. The van der Waals surface area contributed by atoms with Crippen molar-refractivity contribution >= 4 is 12.2 Å². The van der Waals surface area contributed by atoms with E-state index in [-0.39, 0.29) is 0 Å². The van der Waals surface area contributed by atoms with E-state index in [0.29, 0.717) is 17.2 Å². The molecule has 0 amide bonds. The first kappa shape index (κ1) is 9.65.